The highest BCUT2D eigenvalue weighted by Crippen LogP contribution is 2.20. The first-order chi connectivity index (χ1) is 14.5. The van der Waals surface area contributed by atoms with E-state index in [2.05, 4.69) is 20.6 Å². The molecular formula is C24H22N4O2. The molecule has 1 aromatic heterocycles. The topological polar surface area (TPSA) is 86.9 Å². The van der Waals surface area contributed by atoms with Crippen LogP contribution < -0.4 is 10.6 Å². The molecule has 30 heavy (non-hydrogen) atoms. The van der Waals surface area contributed by atoms with Crippen molar-refractivity contribution in [2.75, 3.05) is 5.32 Å². The number of anilines is 1. The van der Waals surface area contributed by atoms with Gasteiger partial charge in [0.1, 0.15) is 5.82 Å². The van der Waals surface area contributed by atoms with Gasteiger partial charge >= 0.3 is 0 Å². The van der Waals surface area contributed by atoms with Crippen molar-refractivity contribution < 1.29 is 9.59 Å². The van der Waals surface area contributed by atoms with Crippen LogP contribution in [0.25, 0.3) is 11.0 Å². The Balaban J connectivity index is 1.50. The number of aryl methyl sites for hydroxylation is 1. The minimum Gasteiger partial charge on any atom is -0.342 e. The van der Waals surface area contributed by atoms with Gasteiger partial charge in [0.15, 0.2) is 0 Å². The van der Waals surface area contributed by atoms with E-state index in [1.807, 2.05) is 62.4 Å². The van der Waals surface area contributed by atoms with E-state index in [9.17, 15) is 9.59 Å². The number of nitrogens with zero attached hydrogens (tertiary/aromatic N) is 1. The Hall–Kier alpha value is -3.93. The molecule has 150 valence electrons. The van der Waals surface area contributed by atoms with E-state index < -0.39 is 0 Å². The standard InChI is InChI=1S/C24H22N4O2/c1-15-12-13-18(14-21(15)28-23(29)17-8-4-3-5-9-17)24(30)25-16(2)22-26-19-10-6-7-11-20(19)27-22/h3-14,16H,1-2H3,(H,25,30)(H,26,27)(H,28,29). The first-order valence-corrected chi connectivity index (χ1v) is 9.74. The number of carbonyl (C=O) groups excluding carboxylic acids is 2. The van der Waals surface area contributed by atoms with Gasteiger partial charge in [0, 0.05) is 16.8 Å². The fraction of sp³-hybridized carbons (Fsp3) is 0.125. The second-order valence-electron chi connectivity index (χ2n) is 7.18. The molecule has 2 amide bonds. The Labute approximate surface area is 174 Å². The van der Waals surface area contributed by atoms with E-state index in [1.165, 1.54) is 0 Å². The van der Waals surface area contributed by atoms with Crippen molar-refractivity contribution >= 4 is 28.5 Å². The molecule has 0 bridgehead atoms. The van der Waals surface area contributed by atoms with Crippen molar-refractivity contribution in [3.05, 3.63) is 95.3 Å². The summed E-state index contributed by atoms with van der Waals surface area (Å²) in [6.07, 6.45) is 0. The first kappa shape index (κ1) is 19.4. The number of aromatic nitrogens is 2. The molecule has 1 unspecified atom stereocenters. The van der Waals surface area contributed by atoms with E-state index >= 15 is 0 Å². The van der Waals surface area contributed by atoms with E-state index in [0.717, 1.165) is 16.6 Å². The number of benzene rings is 3. The molecule has 1 atom stereocenters. The Morgan fingerprint density at radius 1 is 0.900 bits per heavy atom. The van der Waals surface area contributed by atoms with Crippen LogP contribution in [0, 0.1) is 6.92 Å². The van der Waals surface area contributed by atoms with E-state index in [1.54, 1.807) is 24.3 Å². The zero-order chi connectivity index (χ0) is 21.1. The highest BCUT2D eigenvalue weighted by Gasteiger charge is 2.16. The lowest BCUT2D eigenvalue weighted by molar-refractivity contribution is 0.0937. The molecule has 0 saturated heterocycles. The number of imidazole rings is 1. The summed E-state index contributed by atoms with van der Waals surface area (Å²) in [5, 5.41) is 5.85. The van der Waals surface area contributed by atoms with Gasteiger partial charge in [0.05, 0.1) is 17.1 Å². The van der Waals surface area contributed by atoms with Gasteiger partial charge in [-0.1, -0.05) is 36.4 Å². The molecule has 4 aromatic rings. The minimum atomic E-state index is -0.298. The lowest BCUT2D eigenvalue weighted by Gasteiger charge is -2.14. The number of nitrogens with one attached hydrogen (secondary N) is 3. The Kier molecular flexibility index (Phi) is 5.30. The third kappa shape index (κ3) is 4.07. The van der Waals surface area contributed by atoms with Gasteiger partial charge in [-0.25, -0.2) is 4.98 Å². The Bertz CT molecular complexity index is 1180. The summed E-state index contributed by atoms with van der Waals surface area (Å²) in [4.78, 5) is 33.0. The molecule has 0 aliphatic rings. The van der Waals surface area contributed by atoms with Crippen LogP contribution in [0.4, 0.5) is 5.69 Å². The molecule has 0 spiro atoms. The number of carbonyl (C=O) groups is 2. The van der Waals surface area contributed by atoms with E-state index in [0.29, 0.717) is 22.6 Å². The maximum absolute atomic E-state index is 12.8. The molecule has 3 aromatic carbocycles. The second-order valence-corrected chi connectivity index (χ2v) is 7.18. The molecule has 6 nitrogen and oxygen atoms in total. The van der Waals surface area contributed by atoms with Crippen LogP contribution >= 0.6 is 0 Å². The largest absolute Gasteiger partial charge is 0.342 e. The monoisotopic (exact) mass is 398 g/mol. The van der Waals surface area contributed by atoms with Crippen LogP contribution in [0.5, 0.6) is 0 Å². The summed E-state index contributed by atoms with van der Waals surface area (Å²) in [5.74, 6) is 0.235. The maximum atomic E-state index is 12.8. The molecule has 0 fully saturated rings. The molecule has 0 radical (unpaired) electrons. The van der Waals surface area contributed by atoms with Crippen LogP contribution in [0.15, 0.2) is 72.8 Å². The Morgan fingerprint density at radius 2 is 1.63 bits per heavy atom. The summed E-state index contributed by atoms with van der Waals surface area (Å²) in [7, 11) is 0. The van der Waals surface area contributed by atoms with E-state index in [-0.39, 0.29) is 17.9 Å². The van der Waals surface area contributed by atoms with Crippen molar-refractivity contribution in [3.63, 3.8) is 0 Å². The van der Waals surface area contributed by atoms with Gasteiger partial charge in [-0.15, -0.1) is 0 Å². The average molecular weight is 398 g/mol. The number of para-hydroxylation sites is 2. The Morgan fingerprint density at radius 3 is 2.40 bits per heavy atom. The number of aromatic amines is 1. The van der Waals surface area contributed by atoms with Gasteiger partial charge < -0.3 is 15.6 Å². The summed E-state index contributed by atoms with van der Waals surface area (Å²) in [5.41, 5.74) is 4.29. The molecule has 3 N–H and O–H groups in total. The quantitative estimate of drug-likeness (QED) is 0.459. The molecule has 0 aliphatic carbocycles. The predicted octanol–water partition coefficient (Wildman–Crippen LogP) is 4.61. The maximum Gasteiger partial charge on any atom is 0.255 e. The molecular weight excluding hydrogens is 376 g/mol. The number of hydrogen-bond acceptors (Lipinski definition) is 3. The van der Waals surface area contributed by atoms with Crippen molar-refractivity contribution in [1.29, 1.82) is 0 Å². The smallest absolute Gasteiger partial charge is 0.255 e. The molecule has 0 aliphatic heterocycles. The molecule has 6 heteroatoms. The van der Waals surface area contributed by atoms with Crippen molar-refractivity contribution in [3.8, 4) is 0 Å². The fourth-order valence-electron chi connectivity index (χ4n) is 3.21. The summed E-state index contributed by atoms with van der Waals surface area (Å²) in [6.45, 7) is 3.77. The predicted molar refractivity (Wildman–Crippen MR) is 118 cm³/mol. The van der Waals surface area contributed by atoms with Gasteiger partial charge in [-0.2, -0.15) is 0 Å². The van der Waals surface area contributed by atoms with Gasteiger partial charge in [0.25, 0.3) is 11.8 Å². The molecule has 4 rings (SSSR count). The van der Waals surface area contributed by atoms with Gasteiger partial charge in [-0.05, 0) is 55.8 Å². The average Bonchev–Trinajstić information content (AvgIpc) is 3.20. The third-order valence-electron chi connectivity index (χ3n) is 4.95. The molecule has 0 saturated carbocycles. The lowest BCUT2D eigenvalue weighted by atomic mass is 10.1. The zero-order valence-electron chi connectivity index (χ0n) is 16.8. The van der Waals surface area contributed by atoms with Crippen LogP contribution in [0.2, 0.25) is 0 Å². The number of amides is 2. The van der Waals surface area contributed by atoms with Gasteiger partial charge in [0.2, 0.25) is 0 Å². The number of rotatable bonds is 5. The highest BCUT2D eigenvalue weighted by atomic mass is 16.2. The number of fused-ring (bicyclic) bond motifs is 1. The third-order valence-corrected chi connectivity index (χ3v) is 4.95. The fourth-order valence-corrected chi connectivity index (χ4v) is 3.21. The summed E-state index contributed by atoms with van der Waals surface area (Å²) in [6, 6.07) is 21.7. The SMILES string of the molecule is Cc1ccc(C(=O)NC(C)c2nc3ccccc3[nH]2)cc1NC(=O)c1ccccc1. The summed E-state index contributed by atoms with van der Waals surface area (Å²) < 4.78 is 0. The lowest BCUT2D eigenvalue weighted by Crippen LogP contribution is -2.27. The minimum absolute atomic E-state index is 0.216. The highest BCUT2D eigenvalue weighted by molar-refractivity contribution is 6.05. The van der Waals surface area contributed by atoms with Crippen molar-refractivity contribution in [2.45, 2.75) is 19.9 Å². The summed E-state index contributed by atoms with van der Waals surface area (Å²) >= 11 is 0. The van der Waals surface area contributed by atoms with Crippen LogP contribution in [-0.4, -0.2) is 21.8 Å². The first-order valence-electron chi connectivity index (χ1n) is 9.74. The number of hydrogen-bond donors (Lipinski definition) is 3. The normalized spacial score (nSPS) is 11.8. The van der Waals surface area contributed by atoms with Crippen molar-refractivity contribution in [1.82, 2.24) is 15.3 Å². The van der Waals surface area contributed by atoms with Crippen LogP contribution in [-0.2, 0) is 0 Å². The van der Waals surface area contributed by atoms with Crippen LogP contribution in [0.3, 0.4) is 0 Å². The van der Waals surface area contributed by atoms with Crippen LogP contribution in [0.1, 0.15) is 45.1 Å². The zero-order valence-corrected chi connectivity index (χ0v) is 16.8. The second kappa shape index (κ2) is 8.21. The van der Waals surface area contributed by atoms with E-state index in [4.69, 9.17) is 0 Å². The molecule has 1 heterocycles. The van der Waals surface area contributed by atoms with Crippen molar-refractivity contribution in [2.24, 2.45) is 0 Å². The van der Waals surface area contributed by atoms with Gasteiger partial charge in [-0.3, -0.25) is 9.59 Å². The number of H-pyrrole nitrogens is 1.